The molecule has 3 aromatic rings. The number of hydrazine groups is 1. The number of alkyl carbamates (subject to hydrolysis) is 1. The monoisotopic (exact) mass is 561 g/mol. The minimum absolute atomic E-state index is 0.178. The lowest BCUT2D eigenvalue weighted by atomic mass is 9.86. The number of fused-ring (bicyclic) bond motifs is 1. The number of nitrogens with one attached hydrogen (secondary N) is 2. The fraction of sp³-hybridized carbons (Fsp3) is 0.517. The summed E-state index contributed by atoms with van der Waals surface area (Å²) in [5.41, 5.74) is 5.89. The number of piperidine rings is 1. The molecule has 0 spiro atoms. The average molecular weight is 562 g/mol. The van der Waals surface area contributed by atoms with E-state index in [1.807, 2.05) is 52.2 Å². The van der Waals surface area contributed by atoms with Gasteiger partial charge in [-0.2, -0.15) is 10.4 Å². The van der Waals surface area contributed by atoms with Crippen LogP contribution in [0.15, 0.2) is 36.8 Å². The van der Waals surface area contributed by atoms with E-state index in [0.29, 0.717) is 17.9 Å². The normalized spacial score (nSPS) is 17.9. The summed E-state index contributed by atoms with van der Waals surface area (Å²) < 4.78 is 12.9. The van der Waals surface area contributed by atoms with Crippen molar-refractivity contribution in [2.45, 2.75) is 45.3 Å². The van der Waals surface area contributed by atoms with Crippen LogP contribution in [-0.4, -0.2) is 95.3 Å². The van der Waals surface area contributed by atoms with Crippen molar-refractivity contribution in [2.75, 3.05) is 57.9 Å². The van der Waals surface area contributed by atoms with Gasteiger partial charge in [0, 0.05) is 57.1 Å². The Bertz CT molecular complexity index is 1390. The van der Waals surface area contributed by atoms with Crippen molar-refractivity contribution in [3.05, 3.63) is 42.4 Å². The van der Waals surface area contributed by atoms with Crippen molar-refractivity contribution in [2.24, 2.45) is 0 Å². The molecule has 5 rings (SSSR count). The van der Waals surface area contributed by atoms with E-state index in [1.54, 1.807) is 16.9 Å². The van der Waals surface area contributed by atoms with E-state index in [0.717, 1.165) is 74.7 Å². The summed E-state index contributed by atoms with van der Waals surface area (Å²) in [6, 6.07) is 8.21. The number of carbonyl (C=O) groups is 1. The number of nitriles is 1. The predicted octanol–water partition coefficient (Wildman–Crippen LogP) is 2.85. The molecular formula is C29H39N9O3. The SMILES string of the molecule is CCOc1cc(-c2ccc(N3CCC(CN4CCNN(C)C4)(NC(=O)OC(C)C)CC3)nc2)c2c(C#N)cnn2c1. The van der Waals surface area contributed by atoms with E-state index in [4.69, 9.17) is 14.5 Å². The number of hydrogen-bond acceptors (Lipinski definition) is 10. The molecular weight excluding hydrogens is 522 g/mol. The number of rotatable bonds is 8. The summed E-state index contributed by atoms with van der Waals surface area (Å²) in [7, 11) is 2.03. The summed E-state index contributed by atoms with van der Waals surface area (Å²) in [5, 5.41) is 19.3. The van der Waals surface area contributed by atoms with Crippen molar-refractivity contribution in [1.29, 1.82) is 5.26 Å². The van der Waals surface area contributed by atoms with E-state index < -0.39 is 0 Å². The Morgan fingerprint density at radius 3 is 2.71 bits per heavy atom. The van der Waals surface area contributed by atoms with Gasteiger partial charge in [-0.15, -0.1) is 0 Å². The Kier molecular flexibility index (Phi) is 8.58. The summed E-state index contributed by atoms with van der Waals surface area (Å²) >= 11 is 0. The predicted molar refractivity (Wildman–Crippen MR) is 155 cm³/mol. The molecule has 2 saturated heterocycles. The van der Waals surface area contributed by atoms with Crippen molar-refractivity contribution in [1.82, 2.24) is 35.2 Å². The standard InChI is InChI=1S/C29H39N9O3/c1-5-40-24-14-25(27-23(15-30)17-33-38(27)18-24)22-6-7-26(31-16-22)37-11-8-29(9-12-37,34-28(39)41-21(2)3)19-36-13-10-32-35(4)20-36/h6-7,14,16-18,21,32H,5,8-13,19-20H2,1-4H3,(H,34,39). The van der Waals surface area contributed by atoms with Gasteiger partial charge in [-0.05, 0) is 51.8 Å². The molecule has 0 aliphatic carbocycles. The minimum Gasteiger partial charge on any atom is -0.492 e. The third-order valence-electron chi connectivity index (χ3n) is 7.58. The molecule has 41 heavy (non-hydrogen) atoms. The van der Waals surface area contributed by atoms with Crippen LogP contribution in [0.1, 0.15) is 39.2 Å². The first kappa shape index (κ1) is 28.6. The van der Waals surface area contributed by atoms with E-state index in [9.17, 15) is 10.1 Å². The Balaban J connectivity index is 1.33. The highest BCUT2D eigenvalue weighted by atomic mass is 16.6. The molecule has 5 heterocycles. The number of carbonyl (C=O) groups excluding carboxylic acids is 1. The topological polar surface area (TPSA) is 123 Å². The van der Waals surface area contributed by atoms with Gasteiger partial charge in [0.25, 0.3) is 0 Å². The number of pyridine rings is 2. The van der Waals surface area contributed by atoms with Gasteiger partial charge in [-0.1, -0.05) is 0 Å². The molecule has 2 N–H and O–H groups in total. The Labute approximate surface area is 240 Å². The number of ether oxygens (including phenoxy) is 2. The molecule has 0 saturated carbocycles. The van der Waals surface area contributed by atoms with Crippen LogP contribution in [0.3, 0.4) is 0 Å². The first-order chi connectivity index (χ1) is 19.8. The van der Waals surface area contributed by atoms with E-state index in [-0.39, 0.29) is 17.7 Å². The molecule has 218 valence electrons. The largest absolute Gasteiger partial charge is 0.492 e. The van der Waals surface area contributed by atoms with Gasteiger partial charge in [-0.25, -0.2) is 19.3 Å². The Morgan fingerprint density at radius 2 is 2.05 bits per heavy atom. The summed E-state index contributed by atoms with van der Waals surface area (Å²) in [5.74, 6) is 1.55. The molecule has 0 bridgehead atoms. The highest BCUT2D eigenvalue weighted by molar-refractivity contribution is 5.85. The Hall–Kier alpha value is -3.92. The smallest absolute Gasteiger partial charge is 0.407 e. The zero-order valence-corrected chi connectivity index (χ0v) is 24.3. The number of anilines is 1. The zero-order valence-electron chi connectivity index (χ0n) is 24.3. The van der Waals surface area contributed by atoms with E-state index >= 15 is 0 Å². The van der Waals surface area contributed by atoms with Gasteiger partial charge in [0.05, 0.1) is 48.4 Å². The second kappa shape index (κ2) is 12.3. The van der Waals surface area contributed by atoms with Crippen LogP contribution in [0, 0.1) is 11.3 Å². The van der Waals surface area contributed by atoms with Crippen LogP contribution in [0.25, 0.3) is 16.6 Å². The van der Waals surface area contributed by atoms with Crippen LogP contribution in [0.4, 0.5) is 10.6 Å². The number of aromatic nitrogens is 3. The van der Waals surface area contributed by atoms with Crippen molar-refractivity contribution in [3.63, 3.8) is 0 Å². The third-order valence-corrected chi connectivity index (χ3v) is 7.58. The van der Waals surface area contributed by atoms with Crippen molar-refractivity contribution < 1.29 is 14.3 Å². The maximum absolute atomic E-state index is 12.7. The van der Waals surface area contributed by atoms with E-state index in [1.165, 1.54) is 0 Å². The molecule has 2 aliphatic heterocycles. The molecule has 2 aliphatic rings. The summed E-state index contributed by atoms with van der Waals surface area (Å²) in [4.78, 5) is 22.1. The van der Waals surface area contributed by atoms with Gasteiger partial charge < -0.3 is 19.7 Å². The van der Waals surface area contributed by atoms with Crippen molar-refractivity contribution in [3.8, 4) is 22.9 Å². The van der Waals surface area contributed by atoms with Crippen LogP contribution in [0.2, 0.25) is 0 Å². The minimum atomic E-state index is -0.387. The number of amides is 1. The maximum atomic E-state index is 12.7. The van der Waals surface area contributed by atoms with Crippen LogP contribution in [0.5, 0.6) is 5.75 Å². The summed E-state index contributed by atoms with van der Waals surface area (Å²) in [6.07, 6.45) is 6.20. The maximum Gasteiger partial charge on any atom is 0.407 e. The van der Waals surface area contributed by atoms with Crippen LogP contribution >= 0.6 is 0 Å². The first-order valence-electron chi connectivity index (χ1n) is 14.2. The molecule has 0 atom stereocenters. The zero-order chi connectivity index (χ0) is 29.0. The van der Waals surface area contributed by atoms with Gasteiger partial charge >= 0.3 is 6.09 Å². The van der Waals surface area contributed by atoms with Gasteiger partial charge in [0.1, 0.15) is 17.6 Å². The molecule has 0 unspecified atom stereocenters. The average Bonchev–Trinajstić information content (AvgIpc) is 3.36. The van der Waals surface area contributed by atoms with Crippen molar-refractivity contribution >= 4 is 17.4 Å². The van der Waals surface area contributed by atoms with Crippen LogP contribution in [-0.2, 0) is 4.74 Å². The lowest BCUT2D eigenvalue weighted by Crippen LogP contribution is -2.64. The first-order valence-corrected chi connectivity index (χ1v) is 14.2. The quantitative estimate of drug-likeness (QED) is 0.424. The molecule has 2 fully saturated rings. The second-order valence-electron chi connectivity index (χ2n) is 11.0. The lowest BCUT2D eigenvalue weighted by molar-refractivity contribution is 0.0330. The lowest BCUT2D eigenvalue weighted by Gasteiger charge is -2.46. The molecule has 3 aromatic heterocycles. The molecule has 12 heteroatoms. The second-order valence-corrected chi connectivity index (χ2v) is 11.0. The molecule has 0 radical (unpaired) electrons. The molecule has 0 aromatic carbocycles. The highest BCUT2D eigenvalue weighted by Crippen LogP contribution is 2.32. The fourth-order valence-corrected chi connectivity index (χ4v) is 5.70. The van der Waals surface area contributed by atoms with Gasteiger partial charge in [0.15, 0.2) is 0 Å². The third kappa shape index (κ3) is 6.53. The Morgan fingerprint density at radius 1 is 1.24 bits per heavy atom. The summed E-state index contributed by atoms with van der Waals surface area (Å²) in [6.45, 7) is 11.0. The van der Waals surface area contributed by atoms with Gasteiger partial charge in [0.2, 0.25) is 0 Å². The molecule has 12 nitrogen and oxygen atoms in total. The van der Waals surface area contributed by atoms with Crippen LogP contribution < -0.4 is 20.4 Å². The molecule has 1 amide bonds. The number of nitrogens with zero attached hydrogens (tertiary/aromatic N) is 7. The fourth-order valence-electron chi connectivity index (χ4n) is 5.70. The van der Waals surface area contributed by atoms with Gasteiger partial charge in [-0.3, -0.25) is 10.3 Å². The number of hydrogen-bond donors (Lipinski definition) is 2. The highest BCUT2D eigenvalue weighted by Gasteiger charge is 2.39. The van der Waals surface area contributed by atoms with E-state index in [2.05, 4.69) is 36.7 Å².